The van der Waals surface area contributed by atoms with Crippen LogP contribution in [0.1, 0.15) is 5.69 Å². The summed E-state index contributed by atoms with van der Waals surface area (Å²) >= 11 is 0. The molecule has 2 rings (SSSR count). The van der Waals surface area contributed by atoms with Gasteiger partial charge in [0.05, 0.1) is 17.8 Å². The summed E-state index contributed by atoms with van der Waals surface area (Å²) in [7, 11) is 0. The molecular weight excluding hydrogens is 211 g/mol. The van der Waals surface area contributed by atoms with Crippen molar-refractivity contribution >= 4 is 5.97 Å². The average molecular weight is 220 g/mol. The molecule has 0 bridgehead atoms. The molecule has 1 aromatic carbocycles. The van der Waals surface area contributed by atoms with Crippen LogP contribution in [-0.4, -0.2) is 20.9 Å². The first-order valence-electron chi connectivity index (χ1n) is 4.67. The summed E-state index contributed by atoms with van der Waals surface area (Å²) in [6.45, 7) is 0. The molecule has 0 fully saturated rings. The lowest BCUT2D eigenvalue weighted by atomic mass is 10.2. The average Bonchev–Trinajstić information content (AvgIpc) is 2.66. The number of carboxylic acid groups (broad SMARTS) is 1. The molecule has 1 heterocycles. The molecule has 0 radical (unpaired) electrons. The molecule has 1 aromatic heterocycles. The van der Waals surface area contributed by atoms with Gasteiger partial charge in [0.2, 0.25) is 0 Å². The van der Waals surface area contributed by atoms with Crippen LogP contribution < -0.4 is 0 Å². The monoisotopic (exact) mass is 220 g/mol. The summed E-state index contributed by atoms with van der Waals surface area (Å²) in [4.78, 5) is 10.6. The first-order chi connectivity index (χ1) is 7.66. The number of hydrogen-bond donors (Lipinski definition) is 1. The molecule has 0 aliphatic carbocycles. The predicted molar refractivity (Wildman–Crippen MR) is 54.9 cm³/mol. The smallest absolute Gasteiger partial charge is 0.309 e. The minimum absolute atomic E-state index is 0.114. The molecule has 0 aliphatic rings. The third-order valence-electron chi connectivity index (χ3n) is 2.12. The van der Waals surface area contributed by atoms with Gasteiger partial charge in [0.1, 0.15) is 5.82 Å². The SMILES string of the molecule is O=C(O)Cc1ccnn1-c1ccc(F)cc1. The molecule has 5 heteroatoms. The lowest BCUT2D eigenvalue weighted by Gasteiger charge is -2.05. The largest absolute Gasteiger partial charge is 0.481 e. The Hall–Kier alpha value is -2.17. The summed E-state index contributed by atoms with van der Waals surface area (Å²) in [5.74, 6) is -1.26. The van der Waals surface area contributed by atoms with E-state index >= 15 is 0 Å². The summed E-state index contributed by atoms with van der Waals surface area (Å²) in [6.07, 6.45) is 1.40. The standard InChI is InChI=1S/C11H9FN2O2/c12-8-1-3-9(4-2-8)14-10(5-6-13-14)7-11(15)16/h1-6H,7H2,(H,15,16). The number of carbonyl (C=O) groups is 1. The first kappa shape index (κ1) is 10.4. The number of benzene rings is 1. The number of aromatic nitrogens is 2. The van der Waals surface area contributed by atoms with E-state index in [-0.39, 0.29) is 12.2 Å². The second kappa shape index (κ2) is 4.14. The van der Waals surface area contributed by atoms with Crippen LogP contribution in [0.4, 0.5) is 4.39 Å². The fourth-order valence-electron chi connectivity index (χ4n) is 1.43. The highest BCUT2D eigenvalue weighted by Crippen LogP contribution is 2.11. The Morgan fingerprint density at radius 1 is 1.31 bits per heavy atom. The van der Waals surface area contributed by atoms with Crippen LogP contribution in [0.15, 0.2) is 36.5 Å². The Morgan fingerprint density at radius 2 is 2.00 bits per heavy atom. The minimum Gasteiger partial charge on any atom is -0.481 e. The second-order valence-electron chi connectivity index (χ2n) is 3.28. The quantitative estimate of drug-likeness (QED) is 0.855. The molecule has 0 unspecified atom stereocenters. The van der Waals surface area contributed by atoms with E-state index in [1.165, 1.54) is 23.0 Å². The van der Waals surface area contributed by atoms with E-state index < -0.39 is 5.97 Å². The van der Waals surface area contributed by atoms with E-state index in [0.717, 1.165) is 0 Å². The normalized spacial score (nSPS) is 10.3. The zero-order valence-corrected chi connectivity index (χ0v) is 8.30. The molecule has 4 nitrogen and oxygen atoms in total. The van der Waals surface area contributed by atoms with Crippen molar-refractivity contribution < 1.29 is 14.3 Å². The van der Waals surface area contributed by atoms with E-state index in [9.17, 15) is 9.18 Å². The number of rotatable bonds is 3. The number of carboxylic acids is 1. The summed E-state index contributed by atoms with van der Waals surface area (Å²) < 4.78 is 14.2. The fraction of sp³-hybridized carbons (Fsp3) is 0.0909. The molecule has 16 heavy (non-hydrogen) atoms. The van der Waals surface area contributed by atoms with Gasteiger partial charge < -0.3 is 5.11 Å². The highest BCUT2D eigenvalue weighted by atomic mass is 19.1. The van der Waals surface area contributed by atoms with Crippen LogP contribution in [-0.2, 0) is 11.2 Å². The van der Waals surface area contributed by atoms with Crippen molar-refractivity contribution in [3.63, 3.8) is 0 Å². The summed E-state index contributed by atoms with van der Waals surface area (Å²) in [5.41, 5.74) is 1.20. The third-order valence-corrected chi connectivity index (χ3v) is 2.12. The van der Waals surface area contributed by atoms with Crippen molar-refractivity contribution in [2.24, 2.45) is 0 Å². The lowest BCUT2D eigenvalue weighted by molar-refractivity contribution is -0.136. The van der Waals surface area contributed by atoms with Crippen LogP contribution in [0.5, 0.6) is 0 Å². The summed E-state index contributed by atoms with van der Waals surface area (Å²) in [6, 6.07) is 7.34. The maximum atomic E-state index is 12.7. The van der Waals surface area contributed by atoms with Crippen molar-refractivity contribution in [1.29, 1.82) is 0 Å². The van der Waals surface area contributed by atoms with E-state index in [1.54, 1.807) is 18.2 Å². The number of hydrogen-bond acceptors (Lipinski definition) is 2. The third kappa shape index (κ3) is 2.08. The Balaban J connectivity index is 2.36. The van der Waals surface area contributed by atoms with Gasteiger partial charge in [-0.25, -0.2) is 9.07 Å². The molecule has 0 amide bonds. The Kier molecular flexibility index (Phi) is 2.68. The first-order valence-corrected chi connectivity index (χ1v) is 4.67. The molecule has 82 valence electrons. The van der Waals surface area contributed by atoms with Gasteiger partial charge in [0.15, 0.2) is 0 Å². The Bertz CT molecular complexity index is 505. The molecule has 0 atom stereocenters. The number of halogens is 1. The molecule has 1 N–H and O–H groups in total. The van der Waals surface area contributed by atoms with Crippen molar-refractivity contribution in [3.8, 4) is 5.69 Å². The van der Waals surface area contributed by atoms with E-state index in [0.29, 0.717) is 11.4 Å². The van der Waals surface area contributed by atoms with Crippen molar-refractivity contribution in [1.82, 2.24) is 9.78 Å². The van der Waals surface area contributed by atoms with Gasteiger partial charge in [-0.1, -0.05) is 0 Å². The maximum Gasteiger partial charge on any atom is 0.309 e. The summed E-state index contributed by atoms with van der Waals surface area (Å²) in [5, 5.41) is 12.7. The molecule has 0 spiro atoms. The van der Waals surface area contributed by atoms with Gasteiger partial charge in [-0.05, 0) is 30.3 Å². The van der Waals surface area contributed by atoms with Crippen molar-refractivity contribution in [2.45, 2.75) is 6.42 Å². The number of aliphatic carboxylic acids is 1. The van der Waals surface area contributed by atoms with E-state index in [2.05, 4.69) is 5.10 Å². The van der Waals surface area contributed by atoms with Gasteiger partial charge in [-0.15, -0.1) is 0 Å². The van der Waals surface area contributed by atoms with Crippen LogP contribution in [0.25, 0.3) is 5.69 Å². The van der Waals surface area contributed by atoms with Gasteiger partial charge in [0.25, 0.3) is 0 Å². The van der Waals surface area contributed by atoms with Crippen LogP contribution in [0.3, 0.4) is 0 Å². The highest BCUT2D eigenvalue weighted by Gasteiger charge is 2.08. The molecular formula is C11H9FN2O2. The maximum absolute atomic E-state index is 12.7. The van der Waals surface area contributed by atoms with Gasteiger partial charge >= 0.3 is 5.97 Å². The predicted octanol–water partition coefficient (Wildman–Crippen LogP) is 1.64. The fourth-order valence-corrected chi connectivity index (χ4v) is 1.43. The minimum atomic E-state index is -0.927. The lowest BCUT2D eigenvalue weighted by Crippen LogP contribution is -2.07. The molecule has 0 saturated carbocycles. The Morgan fingerprint density at radius 3 is 2.62 bits per heavy atom. The molecule has 0 aliphatic heterocycles. The number of nitrogens with zero attached hydrogens (tertiary/aromatic N) is 2. The highest BCUT2D eigenvalue weighted by molar-refractivity contribution is 5.69. The van der Waals surface area contributed by atoms with Gasteiger partial charge in [-0.3, -0.25) is 4.79 Å². The zero-order chi connectivity index (χ0) is 11.5. The Labute approximate surface area is 90.9 Å². The van der Waals surface area contributed by atoms with Crippen LogP contribution in [0, 0.1) is 5.82 Å². The molecule has 0 saturated heterocycles. The van der Waals surface area contributed by atoms with Gasteiger partial charge in [-0.2, -0.15) is 5.10 Å². The van der Waals surface area contributed by atoms with Crippen molar-refractivity contribution in [2.75, 3.05) is 0 Å². The van der Waals surface area contributed by atoms with E-state index in [4.69, 9.17) is 5.11 Å². The van der Waals surface area contributed by atoms with Crippen LogP contribution >= 0.6 is 0 Å². The zero-order valence-electron chi connectivity index (χ0n) is 8.30. The molecule has 2 aromatic rings. The topological polar surface area (TPSA) is 55.1 Å². The van der Waals surface area contributed by atoms with Gasteiger partial charge in [0, 0.05) is 6.20 Å². The van der Waals surface area contributed by atoms with Crippen molar-refractivity contribution in [3.05, 3.63) is 48.0 Å². The van der Waals surface area contributed by atoms with Crippen LogP contribution in [0.2, 0.25) is 0 Å². The second-order valence-corrected chi connectivity index (χ2v) is 3.28. The van der Waals surface area contributed by atoms with E-state index in [1.807, 2.05) is 0 Å².